The Morgan fingerprint density at radius 3 is 1.22 bits per heavy atom. The lowest BCUT2D eigenvalue weighted by Gasteiger charge is -2.14. The second kappa shape index (κ2) is 41.8. The number of hydrogen-bond donors (Lipinski definition) is 6. The smallest absolute Gasteiger partial charge is 0.326 e. The summed E-state index contributed by atoms with van der Waals surface area (Å²) in [5.41, 5.74) is 0. The van der Waals surface area contributed by atoms with Gasteiger partial charge in [0.05, 0.1) is 46.2 Å². The van der Waals surface area contributed by atoms with E-state index in [2.05, 4.69) is 21.3 Å². The van der Waals surface area contributed by atoms with Crippen LogP contribution in [0.3, 0.4) is 0 Å². The molecule has 0 saturated heterocycles. The van der Waals surface area contributed by atoms with Crippen molar-refractivity contribution in [2.24, 2.45) is 0 Å². The summed E-state index contributed by atoms with van der Waals surface area (Å²) in [6, 6.07) is -1.13. The van der Waals surface area contributed by atoms with E-state index in [-0.39, 0.29) is 109 Å². The van der Waals surface area contributed by atoms with Gasteiger partial charge in [0.25, 0.3) is 0 Å². The highest BCUT2D eigenvalue weighted by Crippen LogP contribution is 2.14. The van der Waals surface area contributed by atoms with Crippen LogP contribution in [0.15, 0.2) is 0 Å². The third-order valence-corrected chi connectivity index (χ3v) is 8.96. The van der Waals surface area contributed by atoms with Crippen LogP contribution in [0.25, 0.3) is 0 Å². The highest BCUT2D eigenvalue weighted by Gasteiger charge is 2.20. The number of aliphatic carboxylic acids is 2. The minimum absolute atomic E-state index is 0.0173. The number of hydrogen-bond acceptors (Lipinski definition) is 11. The standard InChI is InChI=1S/C41H76N4O13/c1-2-54-26-23-43-38(48)33-57-32-30-56-28-25-44-39(49)34-58-31-29-55-27-24-42-36(46)22-21-35(41(52)53)45-37(47)19-17-15-13-11-9-7-5-3-4-6-8-10-12-14-16-18-20-40(50)51/h35H,2-34H2,1H3,(H,42,46)(H,43,48)(H,44,49)(H,45,47)(H,50,51)(H,52,53)/t35-/m0/s1. The molecule has 338 valence electrons. The third kappa shape index (κ3) is 40.8. The first kappa shape index (κ1) is 54.6. The molecule has 0 bridgehead atoms. The molecule has 0 fully saturated rings. The number of nitrogens with one attached hydrogen (secondary N) is 4. The number of carbonyl (C=O) groups is 6. The zero-order valence-corrected chi connectivity index (χ0v) is 35.3. The van der Waals surface area contributed by atoms with Crippen LogP contribution < -0.4 is 21.3 Å². The monoisotopic (exact) mass is 833 g/mol. The molecule has 17 nitrogen and oxygen atoms in total. The maximum atomic E-state index is 12.3. The van der Waals surface area contributed by atoms with Gasteiger partial charge in [-0.1, -0.05) is 89.9 Å². The summed E-state index contributed by atoms with van der Waals surface area (Å²) >= 11 is 0. The maximum Gasteiger partial charge on any atom is 0.326 e. The lowest BCUT2D eigenvalue weighted by atomic mass is 10.0. The van der Waals surface area contributed by atoms with Crippen LogP contribution in [0.4, 0.5) is 0 Å². The molecule has 0 aliphatic rings. The summed E-state index contributed by atoms with van der Waals surface area (Å²) in [5.74, 6) is -3.08. The normalized spacial score (nSPS) is 11.5. The number of unbranched alkanes of at least 4 members (excludes halogenated alkanes) is 15. The van der Waals surface area contributed by atoms with Crippen molar-refractivity contribution in [1.82, 2.24) is 21.3 Å². The Morgan fingerprint density at radius 2 is 0.810 bits per heavy atom. The van der Waals surface area contributed by atoms with Crippen molar-refractivity contribution in [3.63, 3.8) is 0 Å². The van der Waals surface area contributed by atoms with Gasteiger partial charge in [-0.3, -0.25) is 24.0 Å². The molecule has 0 saturated carbocycles. The summed E-state index contributed by atoms with van der Waals surface area (Å²) in [6.07, 6.45) is 18.4. The molecule has 4 amide bonds. The Labute approximate surface area is 346 Å². The van der Waals surface area contributed by atoms with E-state index in [9.17, 15) is 33.9 Å². The van der Waals surface area contributed by atoms with Gasteiger partial charge in [-0.05, 0) is 26.2 Å². The Kier molecular flexibility index (Phi) is 39.3. The van der Waals surface area contributed by atoms with Crippen LogP contribution >= 0.6 is 0 Å². The lowest BCUT2D eigenvalue weighted by Crippen LogP contribution is -2.41. The van der Waals surface area contributed by atoms with Crippen LogP contribution in [0.1, 0.15) is 135 Å². The number of amides is 4. The average Bonchev–Trinajstić information content (AvgIpc) is 3.19. The van der Waals surface area contributed by atoms with Crippen LogP contribution in [0.2, 0.25) is 0 Å². The predicted octanol–water partition coefficient (Wildman–Crippen LogP) is 3.89. The van der Waals surface area contributed by atoms with Crippen LogP contribution in [0, 0.1) is 0 Å². The van der Waals surface area contributed by atoms with E-state index in [1.54, 1.807) is 0 Å². The minimum atomic E-state index is -1.18. The molecule has 6 N–H and O–H groups in total. The SMILES string of the molecule is CCOCCNC(=O)COCCOCCNC(=O)COCCOCCNC(=O)CC[C@H](NC(=O)CCCCCCCCCCCCCCCCCCC(=O)O)C(=O)O. The summed E-state index contributed by atoms with van der Waals surface area (Å²) in [6.45, 7) is 5.09. The van der Waals surface area contributed by atoms with E-state index in [1.165, 1.54) is 57.8 Å². The number of rotatable bonds is 44. The molecule has 0 aliphatic heterocycles. The summed E-state index contributed by atoms with van der Waals surface area (Å²) in [5, 5.41) is 28.7. The fraction of sp³-hybridized carbons (Fsp3) is 0.854. The van der Waals surface area contributed by atoms with Gasteiger partial charge in [0.2, 0.25) is 23.6 Å². The molecule has 17 heteroatoms. The van der Waals surface area contributed by atoms with Gasteiger partial charge in [0.1, 0.15) is 19.3 Å². The molecule has 0 heterocycles. The fourth-order valence-electron chi connectivity index (χ4n) is 5.73. The topological polar surface area (TPSA) is 237 Å². The maximum absolute atomic E-state index is 12.3. The van der Waals surface area contributed by atoms with E-state index in [1.807, 2.05) is 6.92 Å². The van der Waals surface area contributed by atoms with Gasteiger partial charge < -0.3 is 55.2 Å². The highest BCUT2D eigenvalue weighted by molar-refractivity contribution is 5.84. The number of carboxylic acid groups (broad SMARTS) is 2. The highest BCUT2D eigenvalue weighted by atomic mass is 16.5. The molecular formula is C41H76N4O13. The summed E-state index contributed by atoms with van der Waals surface area (Å²) < 4.78 is 26.4. The molecule has 0 aliphatic carbocycles. The Morgan fingerprint density at radius 1 is 0.431 bits per heavy atom. The van der Waals surface area contributed by atoms with Crippen LogP contribution in [0.5, 0.6) is 0 Å². The second-order valence-electron chi connectivity index (χ2n) is 14.1. The minimum Gasteiger partial charge on any atom is -0.481 e. The second-order valence-corrected chi connectivity index (χ2v) is 14.1. The van der Waals surface area contributed by atoms with Crippen molar-refractivity contribution in [2.45, 2.75) is 141 Å². The zero-order valence-electron chi connectivity index (χ0n) is 35.3. The van der Waals surface area contributed by atoms with Crippen LogP contribution in [-0.2, 0) is 52.5 Å². The first-order valence-corrected chi connectivity index (χ1v) is 21.6. The fourth-order valence-corrected chi connectivity index (χ4v) is 5.73. The lowest BCUT2D eigenvalue weighted by molar-refractivity contribution is -0.142. The van der Waals surface area contributed by atoms with E-state index in [0.717, 1.165) is 38.5 Å². The number of carboxylic acids is 2. The number of ether oxygens (including phenoxy) is 5. The van der Waals surface area contributed by atoms with E-state index >= 15 is 0 Å². The molecule has 1 atom stereocenters. The predicted molar refractivity (Wildman–Crippen MR) is 218 cm³/mol. The van der Waals surface area contributed by atoms with Gasteiger partial charge in [0.15, 0.2) is 0 Å². The molecule has 0 radical (unpaired) electrons. The molecule has 0 aromatic rings. The van der Waals surface area contributed by atoms with Gasteiger partial charge >= 0.3 is 11.9 Å². The van der Waals surface area contributed by atoms with Crippen molar-refractivity contribution in [3.05, 3.63) is 0 Å². The van der Waals surface area contributed by atoms with Gasteiger partial charge in [-0.15, -0.1) is 0 Å². The third-order valence-electron chi connectivity index (χ3n) is 8.96. The first-order valence-electron chi connectivity index (χ1n) is 21.6. The quantitative estimate of drug-likeness (QED) is 0.0479. The van der Waals surface area contributed by atoms with Gasteiger partial charge in [-0.2, -0.15) is 0 Å². The van der Waals surface area contributed by atoms with E-state index in [4.69, 9.17) is 28.8 Å². The molecule has 0 spiro atoms. The summed E-state index contributed by atoms with van der Waals surface area (Å²) in [4.78, 5) is 70.1. The molecule has 58 heavy (non-hydrogen) atoms. The van der Waals surface area contributed by atoms with Gasteiger partial charge in [-0.25, -0.2) is 4.79 Å². The summed E-state index contributed by atoms with van der Waals surface area (Å²) in [7, 11) is 0. The number of carbonyl (C=O) groups excluding carboxylic acids is 4. The van der Waals surface area contributed by atoms with Crippen molar-refractivity contribution in [3.8, 4) is 0 Å². The van der Waals surface area contributed by atoms with E-state index < -0.39 is 18.0 Å². The zero-order chi connectivity index (χ0) is 42.7. The Bertz CT molecular complexity index is 1070. The first-order chi connectivity index (χ1) is 28.1. The average molecular weight is 833 g/mol. The van der Waals surface area contributed by atoms with E-state index in [0.29, 0.717) is 32.7 Å². The molecular weight excluding hydrogens is 756 g/mol. The van der Waals surface area contributed by atoms with Gasteiger partial charge in [0, 0.05) is 45.5 Å². The van der Waals surface area contributed by atoms with Crippen molar-refractivity contribution < 1.29 is 62.7 Å². The largest absolute Gasteiger partial charge is 0.481 e. The van der Waals surface area contributed by atoms with Crippen molar-refractivity contribution in [1.29, 1.82) is 0 Å². The molecule has 0 unspecified atom stereocenters. The Balaban J connectivity index is 3.63. The molecule has 0 aromatic carbocycles. The van der Waals surface area contributed by atoms with Crippen molar-refractivity contribution >= 4 is 35.6 Å². The molecule has 0 aromatic heterocycles. The van der Waals surface area contributed by atoms with Crippen molar-refractivity contribution in [2.75, 3.05) is 85.7 Å². The molecule has 0 rings (SSSR count). The Hall–Kier alpha value is -3.38. The van der Waals surface area contributed by atoms with Crippen LogP contribution in [-0.4, -0.2) is 138 Å².